The van der Waals surface area contributed by atoms with Crippen molar-refractivity contribution in [3.05, 3.63) is 271 Å². The van der Waals surface area contributed by atoms with Crippen molar-refractivity contribution in [3.63, 3.8) is 0 Å². The van der Waals surface area contributed by atoms with E-state index in [0.29, 0.717) is 0 Å². The lowest BCUT2D eigenvalue weighted by atomic mass is 9.81. The highest BCUT2D eigenvalue weighted by Crippen LogP contribution is 2.58. The molecule has 0 fully saturated rings. The number of rotatable bonds is 7. The molecule has 2 aliphatic carbocycles. The van der Waals surface area contributed by atoms with Crippen LogP contribution in [0.1, 0.15) is 49.9 Å². The second kappa shape index (κ2) is 16.8. The molecule has 0 saturated heterocycles. The number of benzene rings is 11. The van der Waals surface area contributed by atoms with Gasteiger partial charge in [-0.3, -0.25) is 0 Å². The minimum atomic E-state index is -0.129. The van der Waals surface area contributed by atoms with E-state index in [0.717, 1.165) is 61.9 Å². The molecular formula is C72H53NO. The molecule has 2 heteroatoms. The first-order valence-corrected chi connectivity index (χ1v) is 25.9. The Bertz CT molecular complexity index is 3760. The molecule has 0 unspecified atom stereocenters. The maximum Gasteiger partial charge on any atom is 0.151 e. The van der Waals surface area contributed by atoms with Crippen LogP contribution in [0.15, 0.2) is 249 Å². The van der Waals surface area contributed by atoms with Gasteiger partial charge in [0.15, 0.2) is 11.5 Å². The molecule has 0 radical (unpaired) electrons. The Hall–Kier alpha value is -8.98. The van der Waals surface area contributed by atoms with Gasteiger partial charge in [0.25, 0.3) is 0 Å². The fourth-order valence-corrected chi connectivity index (χ4v) is 12.4. The molecule has 0 atom stereocenters. The number of ether oxygens (including phenoxy) is 1. The monoisotopic (exact) mass is 947 g/mol. The van der Waals surface area contributed by atoms with Crippen molar-refractivity contribution < 1.29 is 4.74 Å². The summed E-state index contributed by atoms with van der Waals surface area (Å²) in [4.78, 5) is 2.50. The van der Waals surface area contributed by atoms with Crippen LogP contribution in [-0.4, -0.2) is 0 Å². The molecule has 352 valence electrons. The fraction of sp³-hybridized carbons (Fsp3) is 0.0833. The van der Waals surface area contributed by atoms with E-state index in [4.69, 9.17) is 4.74 Å². The second-order valence-electron chi connectivity index (χ2n) is 21.3. The maximum absolute atomic E-state index is 7.09. The van der Waals surface area contributed by atoms with Gasteiger partial charge in [0, 0.05) is 22.0 Å². The van der Waals surface area contributed by atoms with Gasteiger partial charge in [-0.2, -0.15) is 0 Å². The highest BCUT2D eigenvalue weighted by Gasteiger charge is 2.38. The Balaban J connectivity index is 0.988. The SMILES string of the molecule is CC1(C)c2ccccc2-c2ccc(-c3ccc4c(c3)N(c3c(-c5ccc(-c6ccccc6)cc5)cccc3-c3ccc(-c5ccccc5)cc3)c3cc(-c5ccc6c(c5)C(C)(C)c5ccccc5-6)ccc3O4)cc21. The molecule has 11 aromatic rings. The Kier molecular flexibility index (Phi) is 9.94. The standard InChI is InChI=1S/C72H53NO/c1-71(2)62-24-13-11-20-58(62)60-38-34-52(42-64(60)71)54-36-40-68-66(44-54)73(67-45-55(37-41-69(67)74-68)53-35-39-61-59-21-12-14-25-63(59)72(3,4)65(61)43-53)70-56(50-30-26-48(27-31-50)46-16-7-5-8-17-46)22-15-23-57(70)51-32-28-49(29-33-51)47-18-9-6-10-19-47/h5-45H,1-4H3. The Morgan fingerprint density at radius 2 is 0.581 bits per heavy atom. The van der Waals surface area contributed by atoms with E-state index in [1.807, 2.05) is 0 Å². The molecule has 14 rings (SSSR count). The summed E-state index contributed by atoms with van der Waals surface area (Å²) >= 11 is 0. The molecule has 2 nitrogen and oxygen atoms in total. The first kappa shape index (κ1) is 43.8. The lowest BCUT2D eigenvalue weighted by molar-refractivity contribution is 0.477. The van der Waals surface area contributed by atoms with E-state index < -0.39 is 0 Å². The Morgan fingerprint density at radius 3 is 1.03 bits per heavy atom. The van der Waals surface area contributed by atoms with E-state index in [-0.39, 0.29) is 10.8 Å². The van der Waals surface area contributed by atoms with E-state index in [1.54, 1.807) is 0 Å². The third kappa shape index (κ3) is 6.93. The number of para-hydroxylation sites is 1. The minimum absolute atomic E-state index is 0.129. The van der Waals surface area contributed by atoms with Gasteiger partial charge in [-0.05, 0) is 137 Å². The minimum Gasteiger partial charge on any atom is -0.453 e. The fourth-order valence-electron chi connectivity index (χ4n) is 12.4. The normalized spacial score (nSPS) is 14.0. The number of anilines is 3. The van der Waals surface area contributed by atoms with Crippen molar-refractivity contribution in [1.82, 2.24) is 0 Å². The zero-order chi connectivity index (χ0) is 49.7. The zero-order valence-electron chi connectivity index (χ0n) is 42.0. The number of hydrogen-bond donors (Lipinski definition) is 0. The lowest BCUT2D eigenvalue weighted by Crippen LogP contribution is -2.18. The van der Waals surface area contributed by atoms with Crippen LogP contribution in [0.25, 0.3) is 89.0 Å². The summed E-state index contributed by atoms with van der Waals surface area (Å²) in [6.45, 7) is 9.43. The number of hydrogen-bond acceptors (Lipinski definition) is 2. The van der Waals surface area contributed by atoms with Gasteiger partial charge in [0.2, 0.25) is 0 Å². The summed E-state index contributed by atoms with van der Waals surface area (Å²) in [6.07, 6.45) is 0. The summed E-state index contributed by atoms with van der Waals surface area (Å²) in [5.74, 6) is 1.61. The van der Waals surface area contributed by atoms with Crippen LogP contribution in [-0.2, 0) is 10.8 Å². The van der Waals surface area contributed by atoms with Gasteiger partial charge in [-0.25, -0.2) is 0 Å². The molecule has 3 aliphatic rings. The van der Waals surface area contributed by atoms with Gasteiger partial charge in [-0.15, -0.1) is 0 Å². The third-order valence-electron chi connectivity index (χ3n) is 16.3. The summed E-state index contributed by atoms with van der Waals surface area (Å²) in [6, 6.07) is 91.6. The maximum atomic E-state index is 7.09. The predicted octanol–water partition coefficient (Wildman–Crippen LogP) is 19.9. The van der Waals surface area contributed by atoms with Crippen molar-refractivity contribution in [2.24, 2.45) is 0 Å². The average Bonchev–Trinajstić information content (AvgIpc) is 3.84. The summed E-state index contributed by atoms with van der Waals surface area (Å²) < 4.78 is 7.09. The van der Waals surface area contributed by atoms with Crippen LogP contribution >= 0.6 is 0 Å². The van der Waals surface area contributed by atoms with Gasteiger partial charge < -0.3 is 9.64 Å². The topological polar surface area (TPSA) is 12.5 Å². The highest BCUT2D eigenvalue weighted by molar-refractivity contribution is 6.02. The quantitative estimate of drug-likeness (QED) is 0.158. The van der Waals surface area contributed by atoms with Gasteiger partial charge >= 0.3 is 0 Å². The molecule has 0 bridgehead atoms. The summed E-state index contributed by atoms with van der Waals surface area (Å²) in [7, 11) is 0. The Labute approximate surface area is 434 Å². The zero-order valence-corrected chi connectivity index (χ0v) is 42.0. The second-order valence-corrected chi connectivity index (χ2v) is 21.3. The van der Waals surface area contributed by atoms with Crippen molar-refractivity contribution in [2.75, 3.05) is 4.90 Å². The van der Waals surface area contributed by atoms with Crippen LogP contribution in [0, 0.1) is 0 Å². The molecule has 74 heavy (non-hydrogen) atoms. The molecular weight excluding hydrogens is 895 g/mol. The van der Waals surface area contributed by atoms with Crippen molar-refractivity contribution >= 4 is 17.1 Å². The van der Waals surface area contributed by atoms with Crippen LogP contribution in [0.5, 0.6) is 11.5 Å². The molecule has 11 aromatic carbocycles. The van der Waals surface area contributed by atoms with Crippen molar-refractivity contribution in [3.8, 4) is 101 Å². The van der Waals surface area contributed by atoms with Crippen LogP contribution in [0.3, 0.4) is 0 Å². The highest BCUT2D eigenvalue weighted by atomic mass is 16.5. The smallest absolute Gasteiger partial charge is 0.151 e. The van der Waals surface area contributed by atoms with Crippen LogP contribution in [0.4, 0.5) is 17.1 Å². The van der Waals surface area contributed by atoms with Gasteiger partial charge in [-0.1, -0.05) is 240 Å². The van der Waals surface area contributed by atoms with Gasteiger partial charge in [0.05, 0.1) is 17.1 Å². The number of fused-ring (bicyclic) bond motifs is 8. The van der Waals surface area contributed by atoms with E-state index in [2.05, 4.69) is 281 Å². The molecule has 0 amide bonds. The van der Waals surface area contributed by atoms with E-state index >= 15 is 0 Å². The van der Waals surface area contributed by atoms with Crippen LogP contribution < -0.4 is 9.64 Å². The first-order chi connectivity index (χ1) is 36.2. The molecule has 0 N–H and O–H groups in total. The first-order valence-electron chi connectivity index (χ1n) is 25.9. The third-order valence-corrected chi connectivity index (χ3v) is 16.3. The molecule has 0 aromatic heterocycles. The van der Waals surface area contributed by atoms with Crippen molar-refractivity contribution in [1.29, 1.82) is 0 Å². The van der Waals surface area contributed by atoms with E-state index in [1.165, 1.54) is 77.9 Å². The molecule has 1 heterocycles. The lowest BCUT2D eigenvalue weighted by Gasteiger charge is -2.36. The van der Waals surface area contributed by atoms with Gasteiger partial charge in [0.1, 0.15) is 0 Å². The average molecular weight is 948 g/mol. The summed E-state index contributed by atoms with van der Waals surface area (Å²) in [5.41, 5.74) is 27.4. The number of nitrogens with zero attached hydrogens (tertiary/aromatic N) is 1. The van der Waals surface area contributed by atoms with Crippen LogP contribution in [0.2, 0.25) is 0 Å². The predicted molar refractivity (Wildman–Crippen MR) is 309 cm³/mol. The Morgan fingerprint density at radius 1 is 0.257 bits per heavy atom. The molecule has 0 saturated carbocycles. The van der Waals surface area contributed by atoms with E-state index in [9.17, 15) is 0 Å². The summed E-state index contributed by atoms with van der Waals surface area (Å²) in [5, 5.41) is 0. The molecule has 1 aliphatic heterocycles. The van der Waals surface area contributed by atoms with Crippen molar-refractivity contribution in [2.45, 2.75) is 38.5 Å². The largest absolute Gasteiger partial charge is 0.453 e. The molecule has 0 spiro atoms.